The van der Waals surface area contributed by atoms with Crippen molar-refractivity contribution in [2.24, 2.45) is 5.92 Å². The van der Waals surface area contributed by atoms with Gasteiger partial charge in [-0.1, -0.05) is 0 Å². The lowest BCUT2D eigenvalue weighted by molar-refractivity contribution is 0.0697. The molecule has 2 amide bonds. The van der Waals surface area contributed by atoms with Crippen molar-refractivity contribution in [2.45, 2.75) is 63.8 Å². The second kappa shape index (κ2) is 8.17. The molecular weight excluding hydrogens is 470 g/mol. The van der Waals surface area contributed by atoms with Crippen molar-refractivity contribution in [3.63, 3.8) is 0 Å². The van der Waals surface area contributed by atoms with Gasteiger partial charge in [-0.2, -0.15) is 0 Å². The fourth-order valence-corrected chi connectivity index (χ4v) is 5.79. The molecule has 2 saturated carbocycles. The maximum atomic E-state index is 13.6. The van der Waals surface area contributed by atoms with Gasteiger partial charge in [-0.05, 0) is 68.7 Å². The molecule has 10 heteroatoms. The molecule has 37 heavy (non-hydrogen) atoms. The number of aliphatic hydroxyl groups excluding tert-OH is 1. The highest BCUT2D eigenvalue weighted by Gasteiger charge is 2.41. The van der Waals surface area contributed by atoms with E-state index in [0.29, 0.717) is 43.3 Å². The molecule has 0 bridgehead atoms. The van der Waals surface area contributed by atoms with Crippen LogP contribution in [0.3, 0.4) is 0 Å². The molecule has 4 heterocycles. The zero-order valence-corrected chi connectivity index (χ0v) is 20.9. The summed E-state index contributed by atoms with van der Waals surface area (Å²) in [5.74, 6) is 0.546. The highest BCUT2D eigenvalue weighted by Crippen LogP contribution is 2.42. The molecule has 1 saturated heterocycles. The Morgan fingerprint density at radius 1 is 1.22 bits per heavy atom. The summed E-state index contributed by atoms with van der Waals surface area (Å²) in [4.78, 5) is 35.4. The van der Waals surface area contributed by atoms with Crippen molar-refractivity contribution in [1.29, 1.82) is 0 Å². The molecule has 3 aromatic rings. The standard InChI is InChI=1S/C27H31N7O3/c1-14(15-2-3-15)33-12-17-10-16(11-21(22(17)27(33)37)32-8-6-19(35)13-32)20-7-9-34-25(30-20)23(24(28)31-34)26(36)29-18-4-5-18/h7,9-11,14-15,18-19,35H,2-6,8,12-13H2,1H3,(H2,28,31)(H,29,36)/t14-,19+/m0/s1. The number of fused-ring (bicyclic) bond motifs is 2. The van der Waals surface area contributed by atoms with Gasteiger partial charge in [-0.15, -0.1) is 5.10 Å². The topological polar surface area (TPSA) is 129 Å². The summed E-state index contributed by atoms with van der Waals surface area (Å²) in [6, 6.07) is 6.30. The lowest BCUT2D eigenvalue weighted by Gasteiger charge is -2.25. The molecular formula is C27H31N7O3. The summed E-state index contributed by atoms with van der Waals surface area (Å²) in [7, 11) is 0. The average molecular weight is 502 g/mol. The Bertz CT molecular complexity index is 1440. The minimum Gasteiger partial charge on any atom is -0.391 e. The molecule has 4 N–H and O–H groups in total. The van der Waals surface area contributed by atoms with Gasteiger partial charge in [-0.25, -0.2) is 9.50 Å². The van der Waals surface area contributed by atoms with Crippen molar-refractivity contribution in [3.05, 3.63) is 41.1 Å². The number of carbonyl (C=O) groups is 2. The highest BCUT2D eigenvalue weighted by atomic mass is 16.3. The number of carbonyl (C=O) groups excluding carboxylic acids is 2. The van der Waals surface area contributed by atoms with Crippen molar-refractivity contribution in [2.75, 3.05) is 23.7 Å². The van der Waals surface area contributed by atoms with Crippen LogP contribution in [-0.4, -0.2) is 67.7 Å². The van der Waals surface area contributed by atoms with E-state index in [4.69, 9.17) is 10.7 Å². The average Bonchev–Trinajstić information content (AvgIpc) is 3.79. The minimum atomic E-state index is -0.408. The summed E-state index contributed by atoms with van der Waals surface area (Å²) < 4.78 is 1.54. The van der Waals surface area contributed by atoms with E-state index < -0.39 is 6.10 Å². The summed E-state index contributed by atoms with van der Waals surface area (Å²) in [6.07, 6.45) is 6.33. The fraction of sp³-hybridized carbons (Fsp3) is 0.481. The molecule has 0 unspecified atom stereocenters. The number of aliphatic hydroxyl groups is 1. The number of nitrogens with two attached hydrogens (primary N) is 1. The maximum Gasteiger partial charge on any atom is 0.259 e. The predicted octanol–water partition coefficient (Wildman–Crippen LogP) is 2.20. The third-order valence-corrected chi connectivity index (χ3v) is 8.26. The molecule has 2 aromatic heterocycles. The summed E-state index contributed by atoms with van der Waals surface area (Å²) in [5, 5.41) is 17.5. The van der Waals surface area contributed by atoms with Gasteiger partial charge in [0.25, 0.3) is 11.8 Å². The molecule has 1 aromatic carbocycles. The monoisotopic (exact) mass is 501 g/mol. The Morgan fingerprint density at radius 2 is 2.03 bits per heavy atom. The second-order valence-electron chi connectivity index (χ2n) is 11.0. The first-order valence-electron chi connectivity index (χ1n) is 13.2. The molecule has 7 rings (SSSR count). The number of β-amino-alcohol motifs (C(OH)–C–C–N with tert-alkyl or cyclic N) is 1. The molecule has 10 nitrogen and oxygen atoms in total. The Morgan fingerprint density at radius 3 is 2.73 bits per heavy atom. The molecule has 3 fully saturated rings. The number of benzene rings is 1. The van der Waals surface area contributed by atoms with E-state index in [0.717, 1.165) is 35.2 Å². The maximum absolute atomic E-state index is 13.6. The number of aromatic nitrogens is 3. The van der Waals surface area contributed by atoms with Crippen molar-refractivity contribution < 1.29 is 14.7 Å². The predicted molar refractivity (Wildman–Crippen MR) is 138 cm³/mol. The third kappa shape index (κ3) is 3.81. The van der Waals surface area contributed by atoms with E-state index in [9.17, 15) is 14.7 Å². The fourth-order valence-electron chi connectivity index (χ4n) is 5.79. The summed E-state index contributed by atoms with van der Waals surface area (Å²) in [6.45, 7) is 3.91. The van der Waals surface area contributed by atoms with Crippen LogP contribution >= 0.6 is 0 Å². The van der Waals surface area contributed by atoms with Crippen LogP contribution in [0.4, 0.5) is 11.5 Å². The van der Waals surface area contributed by atoms with Gasteiger partial charge in [-0.3, -0.25) is 9.59 Å². The first kappa shape index (κ1) is 22.5. The Kier molecular flexibility index (Phi) is 4.98. The number of hydrogen-bond acceptors (Lipinski definition) is 7. The van der Waals surface area contributed by atoms with Crippen molar-refractivity contribution in [3.8, 4) is 11.3 Å². The number of nitrogen functional groups attached to an aromatic ring is 1. The van der Waals surface area contributed by atoms with Gasteiger partial charge < -0.3 is 26.0 Å². The zero-order valence-electron chi connectivity index (χ0n) is 20.9. The number of anilines is 2. The smallest absolute Gasteiger partial charge is 0.259 e. The van der Waals surface area contributed by atoms with Gasteiger partial charge in [0.2, 0.25) is 0 Å². The molecule has 2 aliphatic carbocycles. The van der Waals surface area contributed by atoms with E-state index >= 15 is 0 Å². The Labute approximate surface area is 214 Å². The van der Waals surface area contributed by atoms with E-state index in [1.54, 1.807) is 6.20 Å². The number of rotatable bonds is 6. The quantitative estimate of drug-likeness (QED) is 0.472. The van der Waals surface area contributed by atoms with Crippen LogP contribution in [0.25, 0.3) is 16.9 Å². The van der Waals surface area contributed by atoms with Crippen molar-refractivity contribution >= 4 is 29.0 Å². The molecule has 2 aliphatic heterocycles. The van der Waals surface area contributed by atoms with Crippen molar-refractivity contribution in [1.82, 2.24) is 24.8 Å². The van der Waals surface area contributed by atoms with Crippen LogP contribution in [0.2, 0.25) is 0 Å². The number of hydrogen-bond donors (Lipinski definition) is 3. The van der Waals surface area contributed by atoms with Crippen LogP contribution in [-0.2, 0) is 6.54 Å². The van der Waals surface area contributed by atoms with Crippen LogP contribution in [0.15, 0.2) is 24.4 Å². The van der Waals surface area contributed by atoms with Crippen LogP contribution in [0, 0.1) is 5.92 Å². The molecule has 0 radical (unpaired) electrons. The number of amides is 2. The summed E-state index contributed by atoms with van der Waals surface area (Å²) >= 11 is 0. The first-order chi connectivity index (χ1) is 17.9. The SMILES string of the molecule is C[C@@H](C1CC1)N1Cc2cc(-c3ccn4nc(N)c(C(=O)NC5CC5)c4n3)cc(N3CC[C@@H](O)C3)c2C1=O. The normalized spacial score (nSPS) is 22.1. The molecule has 2 atom stereocenters. The third-order valence-electron chi connectivity index (χ3n) is 8.26. The lowest BCUT2D eigenvalue weighted by Crippen LogP contribution is -2.35. The van der Waals surface area contributed by atoms with Gasteiger partial charge in [0.1, 0.15) is 5.56 Å². The molecule has 0 spiro atoms. The Hall–Kier alpha value is -3.66. The van der Waals surface area contributed by atoms with Gasteiger partial charge in [0, 0.05) is 43.5 Å². The zero-order chi connectivity index (χ0) is 25.4. The van der Waals surface area contributed by atoms with Crippen LogP contribution in [0.5, 0.6) is 0 Å². The van der Waals surface area contributed by atoms with E-state index in [1.807, 2.05) is 23.1 Å². The lowest BCUT2D eigenvalue weighted by atomic mass is 10.0. The second-order valence-corrected chi connectivity index (χ2v) is 11.0. The summed E-state index contributed by atoms with van der Waals surface area (Å²) in [5.41, 5.74) is 10.9. The largest absolute Gasteiger partial charge is 0.391 e. The Balaban J connectivity index is 1.32. The molecule has 4 aliphatic rings. The van der Waals surface area contributed by atoms with Crippen LogP contribution in [0.1, 0.15) is 65.3 Å². The van der Waals surface area contributed by atoms with E-state index in [1.165, 1.54) is 17.4 Å². The van der Waals surface area contributed by atoms with E-state index in [-0.39, 0.29) is 35.3 Å². The van der Waals surface area contributed by atoms with Crippen LogP contribution < -0.4 is 16.0 Å². The van der Waals surface area contributed by atoms with Gasteiger partial charge in [0.05, 0.1) is 23.0 Å². The van der Waals surface area contributed by atoms with E-state index in [2.05, 4.69) is 22.2 Å². The number of nitrogens with zero attached hydrogens (tertiary/aromatic N) is 5. The highest BCUT2D eigenvalue weighted by molar-refractivity contribution is 6.06. The van der Waals surface area contributed by atoms with Gasteiger partial charge in [0.15, 0.2) is 11.5 Å². The first-order valence-corrected chi connectivity index (χ1v) is 13.2. The number of nitrogens with one attached hydrogen (secondary N) is 1. The van der Waals surface area contributed by atoms with Gasteiger partial charge >= 0.3 is 0 Å². The molecule has 192 valence electrons. The minimum absolute atomic E-state index is 0.0725.